The first-order valence-corrected chi connectivity index (χ1v) is 17.4. The Kier molecular flexibility index (Phi) is 10.9. The maximum atomic E-state index is 12.9. The number of amides is 1. The van der Waals surface area contributed by atoms with Gasteiger partial charge in [-0.25, -0.2) is 9.97 Å². The number of benzene rings is 2. The monoisotopic (exact) mass is 730 g/mol. The largest absolute Gasteiger partial charge is 0.497 e. The molecule has 1 amide bonds. The molecular formula is C41H46N8O5. The molecule has 4 aromatic heterocycles. The van der Waals surface area contributed by atoms with Gasteiger partial charge in [0, 0.05) is 86.2 Å². The first-order valence-electron chi connectivity index (χ1n) is 17.4. The van der Waals surface area contributed by atoms with Crippen LogP contribution in [-0.2, 0) is 23.4 Å². The second-order valence-corrected chi connectivity index (χ2v) is 13.6. The maximum Gasteiger partial charge on any atom is 0.249 e. The van der Waals surface area contributed by atoms with Gasteiger partial charge in [-0.1, -0.05) is 0 Å². The lowest BCUT2D eigenvalue weighted by molar-refractivity contribution is -0.137. The molecule has 0 aliphatic heterocycles. The summed E-state index contributed by atoms with van der Waals surface area (Å²) in [6.45, 7) is 6.59. The van der Waals surface area contributed by atoms with Crippen molar-refractivity contribution < 1.29 is 23.7 Å². The predicted molar refractivity (Wildman–Crippen MR) is 210 cm³/mol. The zero-order chi connectivity index (χ0) is 38.6. The number of ether oxygens (including phenoxy) is 4. The highest BCUT2D eigenvalue weighted by molar-refractivity contribution is 5.96. The summed E-state index contributed by atoms with van der Waals surface area (Å²) in [5.41, 5.74) is 4.39. The Bertz CT molecular complexity index is 2230. The van der Waals surface area contributed by atoms with Crippen LogP contribution in [-0.4, -0.2) is 78.1 Å². The average molecular weight is 731 g/mol. The second-order valence-electron chi connectivity index (χ2n) is 13.6. The molecule has 0 bridgehead atoms. The van der Waals surface area contributed by atoms with Gasteiger partial charge in [0.05, 0.1) is 46.0 Å². The van der Waals surface area contributed by atoms with Gasteiger partial charge in [0.25, 0.3) is 0 Å². The normalized spacial score (nSPS) is 11.3. The fourth-order valence-corrected chi connectivity index (χ4v) is 6.38. The highest BCUT2D eigenvalue weighted by Crippen LogP contribution is 2.37. The predicted octanol–water partition coefficient (Wildman–Crippen LogP) is 7.00. The van der Waals surface area contributed by atoms with Crippen molar-refractivity contribution in [2.24, 2.45) is 0 Å². The van der Waals surface area contributed by atoms with Gasteiger partial charge in [0.1, 0.15) is 40.2 Å². The van der Waals surface area contributed by atoms with Gasteiger partial charge in [0.2, 0.25) is 5.91 Å². The zero-order valence-corrected chi connectivity index (χ0v) is 32.2. The fraction of sp³-hybridized carbons (Fsp3) is 0.293. The molecule has 6 rings (SSSR count). The highest BCUT2D eigenvalue weighted by atomic mass is 16.5. The minimum atomic E-state index is -0.875. The Labute approximate surface area is 315 Å². The average Bonchev–Trinajstić information content (AvgIpc) is 3.66. The van der Waals surface area contributed by atoms with Crippen molar-refractivity contribution in [2.45, 2.75) is 39.4 Å². The fourth-order valence-electron chi connectivity index (χ4n) is 6.38. The van der Waals surface area contributed by atoms with Crippen LogP contribution >= 0.6 is 0 Å². The number of nitrogens with one attached hydrogen (secondary N) is 1. The van der Waals surface area contributed by atoms with E-state index in [2.05, 4.69) is 26.4 Å². The van der Waals surface area contributed by atoms with Crippen molar-refractivity contribution in [1.29, 1.82) is 0 Å². The van der Waals surface area contributed by atoms with Gasteiger partial charge in [-0.2, -0.15) is 5.10 Å². The SMILES string of the molecule is COc1ccc(CN(Cc2ccc(OC)cc2OC)c2nc(-c3cnccc3C)cc3cc(Nc4cnn(C(C)(C)C(=O)N(C)C)c4)ncc23)c(OC)c1. The van der Waals surface area contributed by atoms with Crippen LogP contribution in [0.4, 0.5) is 17.3 Å². The number of fused-ring (bicyclic) bond motifs is 1. The van der Waals surface area contributed by atoms with Crippen LogP contribution in [0, 0.1) is 6.92 Å². The van der Waals surface area contributed by atoms with E-state index in [0.717, 1.165) is 38.7 Å². The lowest BCUT2D eigenvalue weighted by Gasteiger charge is -2.28. The third kappa shape index (κ3) is 7.70. The Morgan fingerprint density at radius 3 is 2.06 bits per heavy atom. The molecule has 0 aliphatic carbocycles. The molecule has 0 radical (unpaired) electrons. The molecule has 13 nitrogen and oxygen atoms in total. The number of carbonyl (C=O) groups is 1. The molecule has 2 aromatic carbocycles. The van der Waals surface area contributed by atoms with Crippen molar-refractivity contribution in [3.05, 3.63) is 102 Å². The number of hydrogen-bond donors (Lipinski definition) is 1. The van der Waals surface area contributed by atoms with E-state index < -0.39 is 5.54 Å². The molecule has 0 unspecified atom stereocenters. The van der Waals surface area contributed by atoms with Crippen molar-refractivity contribution in [3.8, 4) is 34.3 Å². The molecular weight excluding hydrogens is 685 g/mol. The minimum Gasteiger partial charge on any atom is -0.497 e. The third-order valence-corrected chi connectivity index (χ3v) is 9.38. The van der Waals surface area contributed by atoms with Gasteiger partial charge in [-0.05, 0) is 74.2 Å². The quantitative estimate of drug-likeness (QED) is 0.124. The number of likely N-dealkylation sites (N-methyl/N-ethyl adjacent to an activating group) is 1. The molecule has 6 aromatic rings. The van der Waals surface area contributed by atoms with Crippen LogP contribution in [0.2, 0.25) is 0 Å². The summed E-state index contributed by atoms with van der Waals surface area (Å²) in [6, 6.07) is 17.6. The molecule has 0 fully saturated rings. The number of aromatic nitrogens is 5. The summed E-state index contributed by atoms with van der Waals surface area (Å²) in [4.78, 5) is 31.2. The van der Waals surface area contributed by atoms with E-state index in [1.165, 1.54) is 0 Å². The molecule has 4 heterocycles. The molecule has 1 N–H and O–H groups in total. The second kappa shape index (κ2) is 15.7. The van der Waals surface area contributed by atoms with E-state index in [4.69, 9.17) is 28.9 Å². The van der Waals surface area contributed by atoms with Crippen molar-refractivity contribution in [2.75, 3.05) is 52.8 Å². The Balaban J connectivity index is 1.49. The molecule has 280 valence electrons. The number of anilines is 3. The maximum absolute atomic E-state index is 12.9. The van der Waals surface area contributed by atoms with Gasteiger partial charge in [-0.3, -0.25) is 14.5 Å². The topological polar surface area (TPSA) is 129 Å². The molecule has 54 heavy (non-hydrogen) atoms. The summed E-state index contributed by atoms with van der Waals surface area (Å²) in [7, 11) is 10.0. The number of pyridine rings is 3. The molecule has 0 aliphatic rings. The van der Waals surface area contributed by atoms with E-state index >= 15 is 0 Å². The molecule has 0 atom stereocenters. The van der Waals surface area contributed by atoms with Crippen LogP contribution < -0.4 is 29.2 Å². The molecule has 0 saturated heterocycles. The molecule has 13 heteroatoms. The standard InChI is InChI=1S/C41H46N8O5/c1-26-14-15-42-21-33(26)35-16-29-17-38(45-30-20-44-49(25-30)41(2,3)40(50)47(4)5)43-22-34(29)39(46-35)48(23-27-10-12-31(51-6)18-36(27)53-8)24-28-11-13-32(52-7)19-37(28)54-9/h10-22,25H,23-24H2,1-9H3,(H,43,45). The van der Waals surface area contributed by atoms with E-state index in [-0.39, 0.29) is 5.91 Å². The summed E-state index contributed by atoms with van der Waals surface area (Å²) in [6.07, 6.45) is 8.93. The summed E-state index contributed by atoms with van der Waals surface area (Å²) >= 11 is 0. The number of methoxy groups -OCH3 is 4. The Hall–Kier alpha value is -6.37. The van der Waals surface area contributed by atoms with Crippen LogP contribution in [0.1, 0.15) is 30.5 Å². The highest BCUT2D eigenvalue weighted by Gasteiger charge is 2.32. The summed E-state index contributed by atoms with van der Waals surface area (Å²) in [5, 5.41) is 9.62. The van der Waals surface area contributed by atoms with Gasteiger partial charge < -0.3 is 34.1 Å². The molecule has 0 spiro atoms. The number of nitrogens with zero attached hydrogens (tertiary/aromatic N) is 7. The van der Waals surface area contributed by atoms with Crippen LogP contribution in [0.5, 0.6) is 23.0 Å². The van der Waals surface area contributed by atoms with E-state index in [1.54, 1.807) is 64.5 Å². The van der Waals surface area contributed by atoms with Crippen molar-refractivity contribution >= 4 is 34.0 Å². The van der Waals surface area contributed by atoms with Gasteiger partial charge in [-0.15, -0.1) is 0 Å². The number of aryl methyl sites for hydroxylation is 1. The first kappa shape index (κ1) is 37.4. The van der Waals surface area contributed by atoms with Gasteiger partial charge >= 0.3 is 0 Å². The van der Waals surface area contributed by atoms with E-state index in [9.17, 15) is 4.79 Å². The number of hydrogen-bond acceptors (Lipinski definition) is 11. The first-order chi connectivity index (χ1) is 25.9. The van der Waals surface area contributed by atoms with Crippen LogP contribution in [0.25, 0.3) is 22.0 Å². The van der Waals surface area contributed by atoms with Crippen LogP contribution in [0.15, 0.2) is 85.6 Å². The zero-order valence-electron chi connectivity index (χ0n) is 32.2. The minimum absolute atomic E-state index is 0.0664. The lowest BCUT2D eigenvalue weighted by atomic mass is 10.0. The van der Waals surface area contributed by atoms with E-state index in [0.29, 0.717) is 53.4 Å². The lowest BCUT2D eigenvalue weighted by Crippen LogP contribution is -2.44. The third-order valence-electron chi connectivity index (χ3n) is 9.38. The summed E-state index contributed by atoms with van der Waals surface area (Å²) < 4.78 is 24.3. The summed E-state index contributed by atoms with van der Waals surface area (Å²) in [5.74, 6) is 4.00. The number of rotatable bonds is 14. The number of carbonyl (C=O) groups excluding carboxylic acids is 1. The van der Waals surface area contributed by atoms with E-state index in [1.807, 2.05) is 87.9 Å². The Morgan fingerprint density at radius 2 is 1.48 bits per heavy atom. The van der Waals surface area contributed by atoms with Gasteiger partial charge in [0.15, 0.2) is 0 Å². The van der Waals surface area contributed by atoms with Crippen molar-refractivity contribution in [3.63, 3.8) is 0 Å². The van der Waals surface area contributed by atoms with Crippen LogP contribution in [0.3, 0.4) is 0 Å². The molecule has 0 saturated carbocycles. The Morgan fingerprint density at radius 1 is 0.833 bits per heavy atom. The smallest absolute Gasteiger partial charge is 0.249 e. The van der Waals surface area contributed by atoms with Crippen molar-refractivity contribution in [1.82, 2.24) is 29.6 Å².